The number of hydrogen-bond acceptors (Lipinski definition) is 3. The highest BCUT2D eigenvalue weighted by Crippen LogP contribution is 2.28. The standard InChI is InChI=1S/C18H13F3N2O2/c1-10-16(18(24)22-9-11-2-4-12(19)5-3-11)17(23-25-10)14-7-6-13(20)8-15(14)21/h2-8H,9H2,1H3,(H,22,24). The maximum absolute atomic E-state index is 14.0. The second-order valence-electron chi connectivity index (χ2n) is 5.40. The molecule has 3 rings (SSSR count). The summed E-state index contributed by atoms with van der Waals surface area (Å²) in [6.07, 6.45) is 0. The minimum absolute atomic E-state index is 0.00777. The predicted molar refractivity (Wildman–Crippen MR) is 84.2 cm³/mol. The number of carbonyl (C=O) groups is 1. The number of hydrogen-bond donors (Lipinski definition) is 1. The molecule has 7 heteroatoms. The average molecular weight is 346 g/mol. The molecule has 25 heavy (non-hydrogen) atoms. The van der Waals surface area contributed by atoms with Crippen LogP contribution in [0.1, 0.15) is 21.7 Å². The Bertz CT molecular complexity index is 921. The lowest BCUT2D eigenvalue weighted by atomic mass is 10.0. The van der Waals surface area contributed by atoms with Crippen LogP contribution >= 0.6 is 0 Å². The molecule has 1 N–H and O–H groups in total. The monoisotopic (exact) mass is 346 g/mol. The van der Waals surface area contributed by atoms with E-state index >= 15 is 0 Å². The zero-order valence-electron chi connectivity index (χ0n) is 13.1. The Morgan fingerprint density at radius 2 is 1.76 bits per heavy atom. The highest BCUT2D eigenvalue weighted by atomic mass is 19.1. The second kappa shape index (κ2) is 6.80. The summed E-state index contributed by atoms with van der Waals surface area (Å²) >= 11 is 0. The molecule has 0 saturated carbocycles. The van der Waals surface area contributed by atoms with E-state index in [1.807, 2.05) is 0 Å². The van der Waals surface area contributed by atoms with Crippen molar-refractivity contribution in [3.63, 3.8) is 0 Å². The van der Waals surface area contributed by atoms with Gasteiger partial charge in [-0.2, -0.15) is 0 Å². The Morgan fingerprint density at radius 1 is 1.08 bits per heavy atom. The van der Waals surface area contributed by atoms with Gasteiger partial charge in [-0.15, -0.1) is 0 Å². The van der Waals surface area contributed by atoms with Gasteiger partial charge in [-0.3, -0.25) is 4.79 Å². The highest BCUT2D eigenvalue weighted by molar-refractivity contribution is 6.00. The van der Waals surface area contributed by atoms with Crippen LogP contribution in [0.2, 0.25) is 0 Å². The zero-order chi connectivity index (χ0) is 18.0. The SMILES string of the molecule is Cc1onc(-c2ccc(F)cc2F)c1C(=O)NCc1ccc(F)cc1. The third-order valence-corrected chi connectivity index (χ3v) is 3.64. The Labute approximate surface area is 141 Å². The summed E-state index contributed by atoms with van der Waals surface area (Å²) in [7, 11) is 0. The zero-order valence-corrected chi connectivity index (χ0v) is 13.1. The maximum atomic E-state index is 14.0. The van der Waals surface area contributed by atoms with Crippen molar-refractivity contribution in [3.8, 4) is 11.3 Å². The van der Waals surface area contributed by atoms with E-state index in [9.17, 15) is 18.0 Å². The number of halogens is 3. The molecule has 2 aromatic carbocycles. The predicted octanol–water partition coefficient (Wildman–Crippen LogP) is 4.00. The van der Waals surface area contributed by atoms with Crippen molar-refractivity contribution in [3.05, 3.63) is 76.8 Å². The molecule has 1 amide bonds. The number of amides is 1. The van der Waals surface area contributed by atoms with E-state index in [1.165, 1.54) is 37.3 Å². The largest absolute Gasteiger partial charge is 0.360 e. The van der Waals surface area contributed by atoms with Crippen molar-refractivity contribution in [2.24, 2.45) is 0 Å². The molecule has 0 bridgehead atoms. The van der Waals surface area contributed by atoms with E-state index in [0.717, 1.165) is 6.07 Å². The average Bonchev–Trinajstić information content (AvgIpc) is 2.95. The quantitative estimate of drug-likeness (QED) is 0.777. The van der Waals surface area contributed by atoms with E-state index in [4.69, 9.17) is 4.52 Å². The van der Waals surface area contributed by atoms with Crippen LogP contribution in [0.5, 0.6) is 0 Å². The summed E-state index contributed by atoms with van der Waals surface area (Å²) < 4.78 is 45.0. The van der Waals surface area contributed by atoms with Gasteiger partial charge in [0.1, 0.15) is 34.5 Å². The van der Waals surface area contributed by atoms with E-state index in [2.05, 4.69) is 10.5 Å². The molecule has 0 aliphatic rings. The van der Waals surface area contributed by atoms with Crippen LogP contribution in [-0.2, 0) is 6.54 Å². The van der Waals surface area contributed by atoms with Gasteiger partial charge in [0, 0.05) is 18.2 Å². The molecule has 0 aliphatic heterocycles. The highest BCUT2D eigenvalue weighted by Gasteiger charge is 2.23. The summed E-state index contributed by atoms with van der Waals surface area (Å²) in [5.41, 5.74) is 0.711. The summed E-state index contributed by atoms with van der Waals surface area (Å²) in [4.78, 5) is 12.5. The normalized spacial score (nSPS) is 10.7. The topological polar surface area (TPSA) is 55.1 Å². The summed E-state index contributed by atoms with van der Waals surface area (Å²) in [5.74, 6) is -2.28. The van der Waals surface area contributed by atoms with Crippen LogP contribution in [0.15, 0.2) is 47.0 Å². The fraction of sp³-hybridized carbons (Fsp3) is 0.111. The molecule has 3 aromatic rings. The second-order valence-corrected chi connectivity index (χ2v) is 5.40. The molecule has 0 unspecified atom stereocenters. The van der Waals surface area contributed by atoms with E-state index in [1.54, 1.807) is 0 Å². The summed E-state index contributed by atoms with van der Waals surface area (Å²) in [6, 6.07) is 8.62. The number of aromatic nitrogens is 1. The molecular weight excluding hydrogens is 333 g/mol. The number of carbonyl (C=O) groups excluding carboxylic acids is 1. The lowest BCUT2D eigenvalue weighted by Gasteiger charge is -2.07. The van der Waals surface area contributed by atoms with Crippen LogP contribution in [0, 0.1) is 24.4 Å². The maximum Gasteiger partial charge on any atom is 0.257 e. The molecule has 0 aliphatic carbocycles. The van der Waals surface area contributed by atoms with Crippen LogP contribution in [-0.4, -0.2) is 11.1 Å². The Morgan fingerprint density at radius 3 is 2.44 bits per heavy atom. The van der Waals surface area contributed by atoms with Gasteiger partial charge in [-0.25, -0.2) is 13.2 Å². The molecule has 0 spiro atoms. The fourth-order valence-corrected chi connectivity index (χ4v) is 2.38. The molecule has 0 saturated heterocycles. The third-order valence-electron chi connectivity index (χ3n) is 3.64. The van der Waals surface area contributed by atoms with Gasteiger partial charge >= 0.3 is 0 Å². The molecular formula is C18H13F3N2O2. The van der Waals surface area contributed by atoms with Gasteiger partial charge in [0.15, 0.2) is 0 Å². The van der Waals surface area contributed by atoms with E-state index in [0.29, 0.717) is 11.6 Å². The van der Waals surface area contributed by atoms with Gasteiger partial charge in [0.05, 0.1) is 0 Å². The lowest BCUT2D eigenvalue weighted by molar-refractivity contribution is 0.0950. The smallest absolute Gasteiger partial charge is 0.257 e. The third kappa shape index (κ3) is 3.55. The number of benzene rings is 2. The Balaban J connectivity index is 1.85. The van der Waals surface area contributed by atoms with Crippen LogP contribution < -0.4 is 5.32 Å². The molecule has 1 aromatic heterocycles. The molecule has 4 nitrogen and oxygen atoms in total. The molecule has 0 radical (unpaired) electrons. The molecule has 0 fully saturated rings. The van der Waals surface area contributed by atoms with Crippen molar-refractivity contribution < 1.29 is 22.5 Å². The van der Waals surface area contributed by atoms with Crippen molar-refractivity contribution in [1.82, 2.24) is 10.5 Å². The van der Waals surface area contributed by atoms with Crippen LogP contribution in [0.25, 0.3) is 11.3 Å². The van der Waals surface area contributed by atoms with Crippen LogP contribution in [0.3, 0.4) is 0 Å². The number of aryl methyl sites for hydroxylation is 1. The van der Waals surface area contributed by atoms with Crippen LogP contribution in [0.4, 0.5) is 13.2 Å². The summed E-state index contributed by atoms with van der Waals surface area (Å²) in [6.45, 7) is 1.67. The summed E-state index contributed by atoms with van der Waals surface area (Å²) in [5, 5.41) is 6.36. The number of nitrogens with one attached hydrogen (secondary N) is 1. The van der Waals surface area contributed by atoms with E-state index in [-0.39, 0.29) is 34.9 Å². The van der Waals surface area contributed by atoms with Crippen molar-refractivity contribution in [1.29, 1.82) is 0 Å². The van der Waals surface area contributed by atoms with Gasteiger partial charge in [-0.05, 0) is 36.8 Å². The lowest BCUT2D eigenvalue weighted by Crippen LogP contribution is -2.23. The van der Waals surface area contributed by atoms with E-state index < -0.39 is 17.5 Å². The van der Waals surface area contributed by atoms with Crippen molar-refractivity contribution in [2.75, 3.05) is 0 Å². The number of nitrogens with zero attached hydrogens (tertiary/aromatic N) is 1. The van der Waals surface area contributed by atoms with Gasteiger partial charge < -0.3 is 9.84 Å². The molecule has 0 atom stereocenters. The molecule has 128 valence electrons. The Kier molecular flexibility index (Phi) is 4.56. The minimum atomic E-state index is -0.846. The fourth-order valence-electron chi connectivity index (χ4n) is 2.38. The minimum Gasteiger partial charge on any atom is -0.360 e. The van der Waals surface area contributed by atoms with Gasteiger partial charge in [0.2, 0.25) is 0 Å². The first-order valence-electron chi connectivity index (χ1n) is 7.40. The number of rotatable bonds is 4. The van der Waals surface area contributed by atoms with Gasteiger partial charge in [-0.1, -0.05) is 17.3 Å². The van der Waals surface area contributed by atoms with Gasteiger partial charge in [0.25, 0.3) is 5.91 Å². The Hall–Kier alpha value is -3.09. The first-order chi connectivity index (χ1) is 12.0. The first kappa shape index (κ1) is 16.8. The molecule has 1 heterocycles. The van der Waals surface area contributed by atoms with Crippen molar-refractivity contribution in [2.45, 2.75) is 13.5 Å². The first-order valence-corrected chi connectivity index (χ1v) is 7.40. The van der Waals surface area contributed by atoms with Crippen molar-refractivity contribution >= 4 is 5.91 Å².